The van der Waals surface area contributed by atoms with E-state index in [1.807, 2.05) is 0 Å². The van der Waals surface area contributed by atoms with Crippen molar-refractivity contribution < 1.29 is 13.2 Å². The molecule has 0 unspecified atom stereocenters. The number of anilines is 1. The van der Waals surface area contributed by atoms with Crippen LogP contribution in [0.4, 0.5) is 19.0 Å². The van der Waals surface area contributed by atoms with Crippen molar-refractivity contribution in [2.45, 2.75) is 24.6 Å². The maximum Gasteiger partial charge on any atom is 0.411 e. The summed E-state index contributed by atoms with van der Waals surface area (Å²) in [5.41, 5.74) is -2.60. The lowest BCUT2D eigenvalue weighted by atomic mass is 10.2. The van der Waals surface area contributed by atoms with E-state index in [0.29, 0.717) is 0 Å². The van der Waals surface area contributed by atoms with E-state index in [9.17, 15) is 18.0 Å². The standard InChI is InChI=1S/C8H8F3N3O/c9-8(10,11)7(1-2-7)14-5-6(15)13-4-3-12-5/h3-4H,1-2H2,(H,12,14)(H,13,15). The van der Waals surface area contributed by atoms with E-state index in [1.54, 1.807) is 0 Å². The molecular weight excluding hydrogens is 211 g/mol. The minimum atomic E-state index is -4.35. The summed E-state index contributed by atoms with van der Waals surface area (Å²) in [5.74, 6) is -0.285. The van der Waals surface area contributed by atoms with Crippen molar-refractivity contribution in [1.82, 2.24) is 9.97 Å². The van der Waals surface area contributed by atoms with Gasteiger partial charge in [0.15, 0.2) is 5.82 Å². The zero-order chi connectivity index (χ0) is 11.1. The molecule has 2 rings (SSSR count). The van der Waals surface area contributed by atoms with Gasteiger partial charge in [-0.3, -0.25) is 4.79 Å². The first-order valence-electron chi connectivity index (χ1n) is 4.33. The van der Waals surface area contributed by atoms with Crippen LogP contribution in [0.2, 0.25) is 0 Å². The molecule has 4 nitrogen and oxygen atoms in total. The van der Waals surface area contributed by atoms with E-state index in [1.165, 1.54) is 12.4 Å². The monoisotopic (exact) mass is 219 g/mol. The number of H-pyrrole nitrogens is 1. The average molecular weight is 219 g/mol. The summed E-state index contributed by atoms with van der Waals surface area (Å²) < 4.78 is 37.5. The van der Waals surface area contributed by atoms with Crippen molar-refractivity contribution in [3.63, 3.8) is 0 Å². The average Bonchev–Trinajstić information content (AvgIpc) is 2.89. The van der Waals surface area contributed by atoms with Gasteiger partial charge in [-0.2, -0.15) is 13.2 Å². The number of halogens is 3. The second-order valence-corrected chi connectivity index (χ2v) is 3.47. The fraction of sp³-hybridized carbons (Fsp3) is 0.500. The lowest BCUT2D eigenvalue weighted by molar-refractivity contribution is -0.151. The third kappa shape index (κ3) is 1.69. The summed E-state index contributed by atoms with van der Waals surface area (Å²) >= 11 is 0. The van der Waals surface area contributed by atoms with Gasteiger partial charge in [-0.15, -0.1) is 0 Å². The van der Waals surface area contributed by atoms with Crippen LogP contribution in [0.15, 0.2) is 17.2 Å². The Hall–Kier alpha value is -1.53. The quantitative estimate of drug-likeness (QED) is 0.787. The molecule has 0 radical (unpaired) electrons. The molecular formula is C8H8F3N3O. The molecule has 1 heterocycles. The molecule has 0 spiro atoms. The Morgan fingerprint density at radius 3 is 2.60 bits per heavy atom. The van der Waals surface area contributed by atoms with Gasteiger partial charge in [-0.1, -0.05) is 0 Å². The summed E-state index contributed by atoms with van der Waals surface area (Å²) in [6.07, 6.45) is -1.90. The Bertz CT molecular complexity index is 422. The predicted octanol–water partition coefficient (Wildman–Crippen LogP) is 1.28. The van der Waals surface area contributed by atoms with Crippen LogP contribution in [-0.2, 0) is 0 Å². The Balaban J connectivity index is 2.24. The predicted molar refractivity (Wildman–Crippen MR) is 46.5 cm³/mol. The van der Waals surface area contributed by atoms with E-state index in [-0.39, 0.29) is 18.7 Å². The third-order valence-corrected chi connectivity index (χ3v) is 2.36. The molecule has 0 amide bonds. The lowest BCUT2D eigenvalue weighted by Crippen LogP contribution is -2.40. The van der Waals surface area contributed by atoms with E-state index in [2.05, 4.69) is 15.3 Å². The highest BCUT2D eigenvalue weighted by Crippen LogP contribution is 2.50. The first-order valence-corrected chi connectivity index (χ1v) is 4.33. The summed E-state index contributed by atoms with van der Waals surface area (Å²) in [7, 11) is 0. The smallest absolute Gasteiger partial charge is 0.352 e. The van der Waals surface area contributed by atoms with Crippen LogP contribution in [0.1, 0.15) is 12.8 Å². The third-order valence-electron chi connectivity index (χ3n) is 2.36. The molecule has 2 N–H and O–H groups in total. The van der Waals surface area contributed by atoms with E-state index >= 15 is 0 Å². The van der Waals surface area contributed by atoms with Crippen LogP contribution in [0.5, 0.6) is 0 Å². The van der Waals surface area contributed by atoms with Gasteiger partial charge in [0.1, 0.15) is 5.54 Å². The number of alkyl halides is 3. The molecule has 0 aromatic carbocycles. The molecule has 0 bridgehead atoms. The Morgan fingerprint density at radius 1 is 1.47 bits per heavy atom. The van der Waals surface area contributed by atoms with Gasteiger partial charge in [-0.25, -0.2) is 4.98 Å². The van der Waals surface area contributed by atoms with E-state index in [0.717, 1.165) is 0 Å². The highest BCUT2D eigenvalue weighted by molar-refractivity contribution is 5.39. The minimum absolute atomic E-state index is 0.0213. The van der Waals surface area contributed by atoms with Crippen LogP contribution in [0, 0.1) is 0 Å². The molecule has 1 fully saturated rings. The van der Waals surface area contributed by atoms with E-state index < -0.39 is 17.3 Å². The first-order chi connectivity index (χ1) is 6.95. The van der Waals surface area contributed by atoms with Crippen molar-refractivity contribution in [1.29, 1.82) is 0 Å². The molecule has 0 aliphatic heterocycles. The molecule has 1 saturated carbocycles. The molecule has 1 aromatic heterocycles. The second-order valence-electron chi connectivity index (χ2n) is 3.47. The Labute approximate surface area is 82.5 Å². The molecule has 0 atom stereocenters. The largest absolute Gasteiger partial charge is 0.411 e. The van der Waals surface area contributed by atoms with Crippen molar-refractivity contribution >= 4 is 5.82 Å². The Kier molecular flexibility index (Phi) is 1.99. The minimum Gasteiger partial charge on any atom is -0.352 e. The topological polar surface area (TPSA) is 57.8 Å². The van der Waals surface area contributed by atoms with Crippen LogP contribution in [0.25, 0.3) is 0 Å². The lowest BCUT2D eigenvalue weighted by Gasteiger charge is -2.20. The van der Waals surface area contributed by atoms with Gasteiger partial charge in [0.2, 0.25) is 0 Å². The van der Waals surface area contributed by atoms with Crippen LogP contribution < -0.4 is 10.9 Å². The second kappa shape index (κ2) is 2.98. The van der Waals surface area contributed by atoms with Crippen LogP contribution >= 0.6 is 0 Å². The normalized spacial score (nSPS) is 18.6. The molecule has 82 valence electrons. The number of nitrogens with zero attached hydrogens (tertiary/aromatic N) is 1. The molecule has 1 aliphatic carbocycles. The summed E-state index contributed by atoms with van der Waals surface area (Å²) in [6.45, 7) is 0. The van der Waals surface area contributed by atoms with Crippen LogP contribution in [0.3, 0.4) is 0 Å². The zero-order valence-electron chi connectivity index (χ0n) is 7.56. The van der Waals surface area contributed by atoms with Crippen molar-refractivity contribution in [2.75, 3.05) is 5.32 Å². The van der Waals surface area contributed by atoms with E-state index in [4.69, 9.17) is 0 Å². The fourth-order valence-corrected chi connectivity index (χ4v) is 1.27. The molecule has 1 aromatic rings. The fourth-order valence-electron chi connectivity index (χ4n) is 1.27. The summed E-state index contributed by atoms with van der Waals surface area (Å²) in [5, 5.41) is 2.16. The maximum absolute atomic E-state index is 12.5. The molecule has 7 heteroatoms. The summed E-state index contributed by atoms with van der Waals surface area (Å²) in [4.78, 5) is 16.9. The van der Waals surface area contributed by atoms with Gasteiger partial charge < -0.3 is 10.3 Å². The van der Waals surface area contributed by atoms with Crippen molar-refractivity contribution in [3.05, 3.63) is 22.7 Å². The number of rotatable bonds is 2. The van der Waals surface area contributed by atoms with Gasteiger partial charge in [-0.05, 0) is 12.8 Å². The number of nitrogens with one attached hydrogen (secondary N) is 2. The van der Waals surface area contributed by atoms with Gasteiger partial charge in [0.05, 0.1) is 0 Å². The molecule has 1 aliphatic rings. The first kappa shape index (κ1) is 10.0. The number of aromatic amines is 1. The number of hydrogen-bond donors (Lipinski definition) is 2. The van der Waals surface area contributed by atoms with Gasteiger partial charge >= 0.3 is 6.18 Å². The highest BCUT2D eigenvalue weighted by Gasteiger charge is 2.63. The van der Waals surface area contributed by atoms with Crippen molar-refractivity contribution in [3.8, 4) is 0 Å². The number of hydrogen-bond acceptors (Lipinski definition) is 3. The zero-order valence-corrected chi connectivity index (χ0v) is 7.56. The van der Waals surface area contributed by atoms with Gasteiger partial charge in [0.25, 0.3) is 5.56 Å². The van der Waals surface area contributed by atoms with Crippen LogP contribution in [-0.4, -0.2) is 21.7 Å². The Morgan fingerprint density at radius 2 is 2.13 bits per heavy atom. The number of aromatic nitrogens is 2. The maximum atomic E-state index is 12.5. The highest BCUT2D eigenvalue weighted by atomic mass is 19.4. The SMILES string of the molecule is O=c1[nH]ccnc1NC1(C(F)(F)F)CC1. The molecule has 0 saturated heterocycles. The molecule has 15 heavy (non-hydrogen) atoms. The summed E-state index contributed by atoms with van der Waals surface area (Å²) in [6, 6.07) is 0. The van der Waals surface area contributed by atoms with Gasteiger partial charge in [0, 0.05) is 12.4 Å². The van der Waals surface area contributed by atoms with Crippen molar-refractivity contribution in [2.24, 2.45) is 0 Å².